The molecule has 0 atom stereocenters. The van der Waals surface area contributed by atoms with Crippen molar-refractivity contribution < 1.29 is 51.4 Å². The summed E-state index contributed by atoms with van der Waals surface area (Å²) in [6, 6.07) is 0. The fourth-order valence-corrected chi connectivity index (χ4v) is 3.24. The van der Waals surface area contributed by atoms with E-state index in [0.29, 0.717) is 0 Å². The molecule has 10 heavy (non-hydrogen) atoms. The summed E-state index contributed by atoms with van der Waals surface area (Å²) in [7, 11) is 0.0647. The first-order valence-corrected chi connectivity index (χ1v) is 6.68. The molecule has 1 aliphatic carbocycles. The van der Waals surface area contributed by atoms with E-state index in [1.807, 2.05) is 0 Å². The average molecular weight is 180 g/mol. The Bertz CT molecular complexity index is 77.3. The van der Waals surface area contributed by atoms with Gasteiger partial charge in [-0.3, -0.25) is 8.80 Å². The normalized spacial score (nSPS) is 20.7. The van der Waals surface area contributed by atoms with E-state index in [1.54, 1.807) is 12.8 Å². The number of rotatable bonds is 1. The maximum absolute atomic E-state index is 2.46. The van der Waals surface area contributed by atoms with Gasteiger partial charge in [0, 0.05) is 0 Å². The van der Waals surface area contributed by atoms with Crippen LogP contribution in [0, 0.1) is 0 Å². The maximum Gasteiger partial charge on any atom is 1.00 e. The first kappa shape index (κ1) is 11.9. The summed E-state index contributed by atoms with van der Waals surface area (Å²) in [4.78, 5) is 0. The molecule has 1 saturated carbocycles. The van der Waals surface area contributed by atoms with Crippen molar-refractivity contribution in [1.82, 2.24) is 0 Å². The van der Waals surface area contributed by atoms with E-state index >= 15 is 0 Å². The third-order valence-electron chi connectivity index (χ3n) is 2.42. The first-order chi connectivity index (χ1) is 4.30. The van der Waals surface area contributed by atoms with Gasteiger partial charge in [0.2, 0.25) is 0 Å². The fraction of sp³-hybridized carbons (Fsp3) is 1.00. The largest absolute Gasteiger partial charge is 1.00 e. The quantitative estimate of drug-likeness (QED) is 0.501. The molecule has 1 rings (SSSR count). The van der Waals surface area contributed by atoms with Crippen LogP contribution in [-0.4, -0.2) is 8.80 Å². The maximum atomic E-state index is 2.46. The molecule has 0 unspecified atom stereocenters. The molecule has 1 fully saturated rings. The molecule has 0 heterocycles. The molecule has 0 radical (unpaired) electrons. The van der Waals surface area contributed by atoms with Crippen LogP contribution < -0.4 is 51.4 Å². The van der Waals surface area contributed by atoms with Crippen LogP contribution in [0.5, 0.6) is 0 Å². The van der Waals surface area contributed by atoms with Gasteiger partial charge in [-0.15, -0.1) is 0 Å². The molecule has 0 nitrogen and oxygen atoms in total. The molecule has 0 bridgehead atoms. The summed E-state index contributed by atoms with van der Waals surface area (Å²) in [5.41, 5.74) is 1.16. The Hall–Kier alpha value is 1.85. The minimum Gasteiger partial charge on any atom is -0.263 e. The second-order valence-electron chi connectivity index (χ2n) is 3.41. The van der Waals surface area contributed by atoms with Gasteiger partial charge in [-0.1, -0.05) is 32.1 Å². The zero-order valence-corrected chi connectivity index (χ0v) is 11.7. The molecular weight excluding hydrogens is 163 g/mol. The Morgan fingerprint density at radius 3 is 1.80 bits per heavy atom. The molecule has 0 aromatic heterocycles. The Kier molecular flexibility index (Phi) is 7.56. The minimum atomic E-state index is 0. The van der Waals surface area contributed by atoms with Crippen LogP contribution in [-0.2, 0) is 0 Å². The van der Waals surface area contributed by atoms with Crippen molar-refractivity contribution in [2.75, 3.05) is 0 Å². The number of hydrogen-bond donors (Lipinski definition) is 0. The van der Waals surface area contributed by atoms with Crippen LogP contribution in [0.3, 0.4) is 0 Å². The zero-order chi connectivity index (χ0) is 6.69. The average Bonchev–Trinajstić information content (AvgIpc) is 1.90. The molecule has 54 valence electrons. The van der Waals surface area contributed by atoms with Gasteiger partial charge in [0.05, 0.1) is 0 Å². The van der Waals surface area contributed by atoms with E-state index in [1.165, 1.54) is 19.3 Å². The standard InChI is InChI=1S/C8H17Si.K/c1-9(2)8-6-4-3-5-7-8;/h8H,3-7H2,1-2H3;/q-1;+1. The second kappa shape index (κ2) is 6.38. The van der Waals surface area contributed by atoms with Crippen LogP contribution in [0.1, 0.15) is 32.1 Å². The minimum absolute atomic E-state index is 0. The second-order valence-corrected chi connectivity index (χ2v) is 6.38. The van der Waals surface area contributed by atoms with Crippen LogP contribution in [0.15, 0.2) is 0 Å². The van der Waals surface area contributed by atoms with Crippen molar-refractivity contribution in [3.8, 4) is 0 Å². The predicted octanol–water partition coefficient (Wildman–Crippen LogP) is 0.0791. The Morgan fingerprint density at radius 1 is 1.00 bits per heavy atom. The van der Waals surface area contributed by atoms with Gasteiger partial charge in [0.15, 0.2) is 0 Å². The van der Waals surface area contributed by atoms with Crippen LogP contribution in [0.25, 0.3) is 0 Å². The van der Waals surface area contributed by atoms with E-state index in [4.69, 9.17) is 0 Å². The van der Waals surface area contributed by atoms with Crippen LogP contribution in [0.4, 0.5) is 0 Å². The van der Waals surface area contributed by atoms with E-state index in [-0.39, 0.29) is 60.2 Å². The Labute approximate surface area is 109 Å². The molecule has 0 aromatic carbocycles. The summed E-state index contributed by atoms with van der Waals surface area (Å²) in [6.07, 6.45) is 7.62. The van der Waals surface area contributed by atoms with Gasteiger partial charge >= 0.3 is 51.4 Å². The SMILES string of the molecule is C[Si-](C)C1CCCCC1.[K+]. The summed E-state index contributed by atoms with van der Waals surface area (Å²) in [5.74, 6) is 0. The molecular formula is C8H17KSi. The van der Waals surface area contributed by atoms with Crippen molar-refractivity contribution in [1.29, 1.82) is 0 Å². The van der Waals surface area contributed by atoms with Gasteiger partial charge in [-0.25, -0.2) is 0 Å². The summed E-state index contributed by atoms with van der Waals surface area (Å²) in [5, 5.41) is 0. The zero-order valence-electron chi connectivity index (χ0n) is 7.61. The molecule has 1 aliphatic rings. The topological polar surface area (TPSA) is 0 Å². The van der Waals surface area contributed by atoms with Gasteiger partial charge in [0.25, 0.3) is 0 Å². The molecule has 0 amide bonds. The van der Waals surface area contributed by atoms with E-state index < -0.39 is 0 Å². The van der Waals surface area contributed by atoms with Crippen LogP contribution >= 0.6 is 0 Å². The van der Waals surface area contributed by atoms with Crippen molar-refractivity contribution in [2.24, 2.45) is 0 Å². The summed E-state index contributed by atoms with van der Waals surface area (Å²) < 4.78 is 0. The molecule has 0 aromatic rings. The van der Waals surface area contributed by atoms with Gasteiger partial charge in [-0.05, 0) is 0 Å². The van der Waals surface area contributed by atoms with E-state index in [9.17, 15) is 0 Å². The van der Waals surface area contributed by atoms with Crippen LogP contribution in [0.2, 0.25) is 18.6 Å². The Balaban J connectivity index is 0.000000810. The van der Waals surface area contributed by atoms with Crippen molar-refractivity contribution in [2.45, 2.75) is 50.7 Å². The third kappa shape index (κ3) is 4.02. The van der Waals surface area contributed by atoms with Gasteiger partial charge in [0.1, 0.15) is 0 Å². The first-order valence-electron chi connectivity index (χ1n) is 4.11. The van der Waals surface area contributed by atoms with E-state index in [2.05, 4.69) is 13.1 Å². The monoisotopic (exact) mass is 180 g/mol. The molecule has 0 saturated heterocycles. The van der Waals surface area contributed by atoms with E-state index in [0.717, 1.165) is 5.54 Å². The molecule has 2 heteroatoms. The van der Waals surface area contributed by atoms with Gasteiger partial charge < -0.3 is 0 Å². The summed E-state index contributed by atoms with van der Waals surface area (Å²) >= 11 is 0. The Morgan fingerprint density at radius 2 is 1.50 bits per heavy atom. The van der Waals surface area contributed by atoms with Crippen molar-refractivity contribution >= 4 is 8.80 Å². The predicted molar refractivity (Wildman–Crippen MR) is 44.3 cm³/mol. The van der Waals surface area contributed by atoms with Crippen molar-refractivity contribution in [3.05, 3.63) is 0 Å². The number of hydrogen-bond acceptors (Lipinski definition) is 0. The van der Waals surface area contributed by atoms with Gasteiger partial charge in [-0.2, -0.15) is 18.6 Å². The molecule has 0 spiro atoms. The smallest absolute Gasteiger partial charge is 0.263 e. The molecule has 0 aliphatic heterocycles. The summed E-state index contributed by atoms with van der Waals surface area (Å²) in [6.45, 7) is 4.92. The third-order valence-corrected chi connectivity index (χ3v) is 4.63. The fourth-order valence-electron chi connectivity index (χ4n) is 1.68. The van der Waals surface area contributed by atoms with Crippen molar-refractivity contribution in [3.63, 3.8) is 0 Å². The molecule has 0 N–H and O–H groups in total.